The molecule has 110 valence electrons. The lowest BCUT2D eigenvalue weighted by Crippen LogP contribution is -2.55. The first kappa shape index (κ1) is 14.7. The molecule has 0 spiro atoms. The molecular weight excluding hydrogens is 261 g/mol. The molecule has 1 aromatic rings. The Morgan fingerprint density at radius 1 is 1.55 bits per heavy atom. The fraction of sp³-hybridized carbons (Fsp3) is 0.500. The minimum Gasteiger partial charge on any atom is -0.397 e. The summed E-state index contributed by atoms with van der Waals surface area (Å²) in [5.41, 5.74) is 6.17. The van der Waals surface area contributed by atoms with Crippen molar-refractivity contribution in [2.45, 2.75) is 19.4 Å². The summed E-state index contributed by atoms with van der Waals surface area (Å²) in [6.45, 7) is 6.17. The Morgan fingerprint density at radius 3 is 3.00 bits per heavy atom. The van der Waals surface area contributed by atoms with Crippen LogP contribution in [-0.2, 0) is 9.53 Å². The van der Waals surface area contributed by atoms with E-state index in [4.69, 9.17) is 10.5 Å². The van der Waals surface area contributed by atoms with Crippen LogP contribution in [0.5, 0.6) is 0 Å². The molecule has 0 aromatic heterocycles. The number of hydrogen-bond acceptors (Lipinski definition) is 4. The number of halogens is 1. The Hall–Kier alpha value is -1.66. The maximum Gasteiger partial charge on any atom is 0.238 e. The Labute approximate surface area is 117 Å². The Kier molecular flexibility index (Phi) is 4.25. The molecule has 20 heavy (non-hydrogen) atoms. The molecular formula is C14H20FN3O2. The van der Waals surface area contributed by atoms with Crippen molar-refractivity contribution in [2.24, 2.45) is 0 Å². The lowest BCUT2D eigenvalue weighted by Gasteiger charge is -2.41. The van der Waals surface area contributed by atoms with Crippen molar-refractivity contribution < 1.29 is 13.9 Å². The van der Waals surface area contributed by atoms with Crippen LogP contribution in [-0.4, -0.2) is 42.6 Å². The number of rotatable bonds is 3. The van der Waals surface area contributed by atoms with Crippen molar-refractivity contribution in [3.05, 3.63) is 24.0 Å². The number of carbonyl (C=O) groups excluding carboxylic acids is 1. The Morgan fingerprint density at radius 2 is 2.30 bits per heavy atom. The highest BCUT2D eigenvalue weighted by Crippen LogP contribution is 2.21. The summed E-state index contributed by atoms with van der Waals surface area (Å²) >= 11 is 0. The predicted molar refractivity (Wildman–Crippen MR) is 75.9 cm³/mol. The van der Waals surface area contributed by atoms with Crippen LogP contribution >= 0.6 is 0 Å². The average Bonchev–Trinajstić information content (AvgIpc) is 2.36. The van der Waals surface area contributed by atoms with Crippen LogP contribution in [0, 0.1) is 5.82 Å². The quantitative estimate of drug-likeness (QED) is 0.823. The third-order valence-corrected chi connectivity index (χ3v) is 3.44. The molecule has 6 heteroatoms. The molecule has 0 unspecified atom stereocenters. The lowest BCUT2D eigenvalue weighted by atomic mass is 10.0. The van der Waals surface area contributed by atoms with E-state index in [9.17, 15) is 9.18 Å². The molecule has 1 aliphatic heterocycles. The van der Waals surface area contributed by atoms with Gasteiger partial charge in [0, 0.05) is 12.1 Å². The van der Waals surface area contributed by atoms with Crippen molar-refractivity contribution in [1.82, 2.24) is 4.90 Å². The van der Waals surface area contributed by atoms with Crippen LogP contribution in [0.4, 0.5) is 15.8 Å². The van der Waals surface area contributed by atoms with Crippen LogP contribution < -0.4 is 11.1 Å². The number of nitrogen functional groups attached to an aromatic ring is 1. The number of benzene rings is 1. The number of amides is 1. The molecule has 0 radical (unpaired) electrons. The van der Waals surface area contributed by atoms with Crippen molar-refractivity contribution in [3.8, 4) is 0 Å². The van der Waals surface area contributed by atoms with E-state index in [0.717, 1.165) is 0 Å². The number of hydrogen-bond donors (Lipinski definition) is 2. The van der Waals surface area contributed by atoms with Gasteiger partial charge in [-0.05, 0) is 32.0 Å². The number of nitrogens with two attached hydrogens (primary N) is 1. The van der Waals surface area contributed by atoms with Crippen LogP contribution in [0.15, 0.2) is 18.2 Å². The molecule has 0 saturated carbocycles. The van der Waals surface area contributed by atoms with Gasteiger partial charge in [-0.15, -0.1) is 0 Å². The summed E-state index contributed by atoms with van der Waals surface area (Å²) in [7, 11) is 0. The van der Waals surface area contributed by atoms with Crippen molar-refractivity contribution >= 4 is 17.3 Å². The number of nitrogens with zero attached hydrogens (tertiary/aromatic N) is 1. The van der Waals surface area contributed by atoms with Crippen molar-refractivity contribution in [1.29, 1.82) is 0 Å². The van der Waals surface area contributed by atoms with E-state index in [0.29, 0.717) is 31.1 Å². The minimum atomic E-state index is -0.429. The Balaban J connectivity index is 2.00. The molecule has 1 saturated heterocycles. The molecule has 2 rings (SSSR count). The van der Waals surface area contributed by atoms with Gasteiger partial charge in [0.2, 0.25) is 5.91 Å². The van der Waals surface area contributed by atoms with Crippen LogP contribution in [0.25, 0.3) is 0 Å². The zero-order valence-electron chi connectivity index (χ0n) is 11.8. The number of morpholine rings is 1. The van der Waals surface area contributed by atoms with E-state index >= 15 is 0 Å². The lowest BCUT2D eigenvalue weighted by molar-refractivity contribution is -0.122. The maximum absolute atomic E-state index is 13.1. The number of nitrogens with one attached hydrogen (secondary N) is 1. The van der Waals surface area contributed by atoms with Gasteiger partial charge in [0.1, 0.15) is 5.82 Å². The second kappa shape index (κ2) is 5.76. The summed E-state index contributed by atoms with van der Waals surface area (Å²) in [6.07, 6.45) is 0. The van der Waals surface area contributed by atoms with E-state index in [1.807, 2.05) is 18.7 Å². The van der Waals surface area contributed by atoms with Crippen LogP contribution in [0.1, 0.15) is 13.8 Å². The Bertz CT molecular complexity index is 505. The molecule has 1 aromatic carbocycles. The zero-order chi connectivity index (χ0) is 14.8. The van der Waals surface area contributed by atoms with E-state index in [1.165, 1.54) is 18.2 Å². The summed E-state index contributed by atoms with van der Waals surface area (Å²) in [5, 5.41) is 2.65. The highest BCUT2D eigenvalue weighted by atomic mass is 19.1. The SMILES string of the molecule is CC1(C)COCCN1CC(=O)Nc1cc(F)ccc1N. The average molecular weight is 281 g/mol. The van der Waals surface area contributed by atoms with Gasteiger partial charge in [-0.3, -0.25) is 9.69 Å². The minimum absolute atomic E-state index is 0.191. The maximum atomic E-state index is 13.1. The summed E-state index contributed by atoms with van der Waals surface area (Å²) in [6, 6.07) is 3.91. The molecule has 1 amide bonds. The van der Waals surface area contributed by atoms with E-state index in [1.54, 1.807) is 0 Å². The molecule has 0 aliphatic carbocycles. The fourth-order valence-corrected chi connectivity index (χ4v) is 2.18. The largest absolute Gasteiger partial charge is 0.397 e. The topological polar surface area (TPSA) is 67.6 Å². The molecule has 0 bridgehead atoms. The zero-order valence-corrected chi connectivity index (χ0v) is 11.8. The van der Waals surface area contributed by atoms with Crippen molar-refractivity contribution in [3.63, 3.8) is 0 Å². The first-order valence-electron chi connectivity index (χ1n) is 6.56. The molecule has 3 N–H and O–H groups in total. The van der Waals surface area contributed by atoms with E-state index in [2.05, 4.69) is 5.32 Å². The third kappa shape index (κ3) is 3.46. The van der Waals surface area contributed by atoms with Gasteiger partial charge < -0.3 is 15.8 Å². The number of ether oxygens (including phenoxy) is 1. The molecule has 0 atom stereocenters. The molecule has 1 aliphatic rings. The smallest absolute Gasteiger partial charge is 0.238 e. The van der Waals surface area contributed by atoms with Crippen LogP contribution in [0.3, 0.4) is 0 Å². The normalized spacial score (nSPS) is 18.8. The highest BCUT2D eigenvalue weighted by Gasteiger charge is 2.31. The second-order valence-electron chi connectivity index (χ2n) is 5.57. The van der Waals surface area contributed by atoms with E-state index < -0.39 is 5.82 Å². The monoisotopic (exact) mass is 281 g/mol. The van der Waals surface area contributed by atoms with Crippen LogP contribution in [0.2, 0.25) is 0 Å². The van der Waals surface area contributed by atoms with Gasteiger partial charge in [-0.25, -0.2) is 4.39 Å². The molecule has 1 heterocycles. The van der Waals surface area contributed by atoms with Gasteiger partial charge >= 0.3 is 0 Å². The first-order valence-corrected chi connectivity index (χ1v) is 6.56. The summed E-state index contributed by atoms with van der Waals surface area (Å²) < 4.78 is 18.6. The van der Waals surface area contributed by atoms with Gasteiger partial charge in [0.05, 0.1) is 31.1 Å². The second-order valence-corrected chi connectivity index (χ2v) is 5.57. The van der Waals surface area contributed by atoms with Gasteiger partial charge in [0.15, 0.2) is 0 Å². The highest BCUT2D eigenvalue weighted by molar-refractivity contribution is 5.95. The number of carbonyl (C=O) groups is 1. The van der Waals surface area contributed by atoms with Gasteiger partial charge in [-0.1, -0.05) is 0 Å². The fourth-order valence-electron chi connectivity index (χ4n) is 2.18. The van der Waals surface area contributed by atoms with Gasteiger partial charge in [0.25, 0.3) is 0 Å². The van der Waals surface area contributed by atoms with Gasteiger partial charge in [-0.2, -0.15) is 0 Å². The molecule has 5 nitrogen and oxygen atoms in total. The first-order chi connectivity index (χ1) is 9.38. The van der Waals surface area contributed by atoms with E-state index in [-0.39, 0.29) is 18.0 Å². The standard InChI is InChI=1S/C14H20FN3O2/c1-14(2)9-20-6-5-18(14)8-13(19)17-12-7-10(15)3-4-11(12)16/h3-4,7H,5-6,8-9,16H2,1-2H3,(H,17,19). The number of anilines is 2. The summed E-state index contributed by atoms with van der Waals surface area (Å²) in [5.74, 6) is -0.640. The summed E-state index contributed by atoms with van der Waals surface area (Å²) in [4.78, 5) is 14.1. The predicted octanol–water partition coefficient (Wildman–Crippen LogP) is 1.46. The van der Waals surface area contributed by atoms with Crippen molar-refractivity contribution in [2.75, 3.05) is 37.4 Å². The third-order valence-electron chi connectivity index (χ3n) is 3.44. The molecule has 1 fully saturated rings.